The van der Waals surface area contributed by atoms with Gasteiger partial charge in [-0.25, -0.2) is 0 Å². The Labute approximate surface area is 111 Å². The standard InChI is InChI=1S/C14H28N2O2/c1-4-8-15-13(14(17)18)10-16(12-5-6-12)9-7-11(2)3/h11-13,15H,4-10H2,1-3H3,(H,17,18). The second-order valence-corrected chi connectivity index (χ2v) is 5.75. The highest BCUT2D eigenvalue weighted by Gasteiger charge is 2.31. The Hall–Kier alpha value is -0.610. The highest BCUT2D eigenvalue weighted by Crippen LogP contribution is 2.27. The van der Waals surface area contributed by atoms with E-state index in [-0.39, 0.29) is 0 Å². The Kier molecular flexibility index (Phi) is 6.65. The van der Waals surface area contributed by atoms with Crippen molar-refractivity contribution < 1.29 is 9.90 Å². The molecule has 0 aromatic rings. The van der Waals surface area contributed by atoms with Crippen molar-refractivity contribution in [2.24, 2.45) is 5.92 Å². The van der Waals surface area contributed by atoms with E-state index in [1.54, 1.807) is 0 Å². The van der Waals surface area contributed by atoms with Gasteiger partial charge in [0.2, 0.25) is 0 Å². The SMILES string of the molecule is CCCNC(CN(CCC(C)C)C1CC1)C(=O)O. The first-order valence-corrected chi connectivity index (χ1v) is 7.24. The fourth-order valence-corrected chi connectivity index (χ4v) is 2.07. The zero-order chi connectivity index (χ0) is 13.5. The van der Waals surface area contributed by atoms with Crippen molar-refractivity contribution >= 4 is 5.97 Å². The Balaban J connectivity index is 2.43. The molecule has 0 aromatic heterocycles. The molecular formula is C14H28N2O2. The second kappa shape index (κ2) is 7.74. The van der Waals surface area contributed by atoms with Gasteiger partial charge >= 0.3 is 5.97 Å². The van der Waals surface area contributed by atoms with Crippen LogP contribution in [0.15, 0.2) is 0 Å². The molecule has 0 saturated heterocycles. The fraction of sp³-hybridized carbons (Fsp3) is 0.929. The predicted molar refractivity (Wildman–Crippen MR) is 73.8 cm³/mol. The summed E-state index contributed by atoms with van der Waals surface area (Å²) in [5, 5.41) is 12.4. The van der Waals surface area contributed by atoms with Crippen LogP contribution in [0.5, 0.6) is 0 Å². The van der Waals surface area contributed by atoms with Crippen LogP contribution in [0.4, 0.5) is 0 Å². The fourth-order valence-electron chi connectivity index (χ4n) is 2.07. The van der Waals surface area contributed by atoms with Crippen LogP contribution in [0, 0.1) is 5.92 Å². The van der Waals surface area contributed by atoms with E-state index in [0.717, 1.165) is 25.9 Å². The van der Waals surface area contributed by atoms with E-state index in [0.29, 0.717) is 18.5 Å². The zero-order valence-corrected chi connectivity index (χ0v) is 12.0. The molecule has 0 aromatic carbocycles. The van der Waals surface area contributed by atoms with Gasteiger partial charge < -0.3 is 10.4 Å². The van der Waals surface area contributed by atoms with Crippen LogP contribution in [-0.2, 0) is 4.79 Å². The van der Waals surface area contributed by atoms with Gasteiger partial charge in [0.1, 0.15) is 6.04 Å². The summed E-state index contributed by atoms with van der Waals surface area (Å²) in [6.45, 7) is 8.94. The average molecular weight is 256 g/mol. The van der Waals surface area contributed by atoms with E-state index in [1.807, 2.05) is 0 Å². The third-order valence-electron chi connectivity index (χ3n) is 3.41. The van der Waals surface area contributed by atoms with Crippen LogP contribution < -0.4 is 5.32 Å². The largest absolute Gasteiger partial charge is 0.480 e. The molecule has 1 atom stereocenters. The molecular weight excluding hydrogens is 228 g/mol. The predicted octanol–water partition coefficient (Wildman–Crippen LogP) is 1.95. The third-order valence-corrected chi connectivity index (χ3v) is 3.41. The first-order chi connectivity index (χ1) is 8.54. The van der Waals surface area contributed by atoms with Crippen molar-refractivity contribution in [3.63, 3.8) is 0 Å². The van der Waals surface area contributed by atoms with Crippen LogP contribution in [0.25, 0.3) is 0 Å². The van der Waals surface area contributed by atoms with Crippen molar-refractivity contribution in [1.29, 1.82) is 0 Å². The number of nitrogens with one attached hydrogen (secondary N) is 1. The van der Waals surface area contributed by atoms with Crippen LogP contribution in [0.3, 0.4) is 0 Å². The molecule has 4 heteroatoms. The molecule has 1 unspecified atom stereocenters. The van der Waals surface area contributed by atoms with Crippen LogP contribution in [0.2, 0.25) is 0 Å². The van der Waals surface area contributed by atoms with Crippen molar-refractivity contribution in [2.75, 3.05) is 19.6 Å². The molecule has 0 spiro atoms. The molecule has 0 bridgehead atoms. The summed E-state index contributed by atoms with van der Waals surface area (Å²) in [6, 6.07) is 0.215. The topological polar surface area (TPSA) is 52.6 Å². The molecule has 18 heavy (non-hydrogen) atoms. The summed E-state index contributed by atoms with van der Waals surface area (Å²) in [4.78, 5) is 13.6. The van der Waals surface area contributed by atoms with Crippen LogP contribution in [-0.4, -0.2) is 47.7 Å². The molecule has 0 amide bonds. The molecule has 4 nitrogen and oxygen atoms in total. The summed E-state index contributed by atoms with van der Waals surface area (Å²) in [5.41, 5.74) is 0. The summed E-state index contributed by atoms with van der Waals surface area (Å²) in [5.74, 6) is -0.0447. The lowest BCUT2D eigenvalue weighted by Gasteiger charge is -2.26. The van der Waals surface area contributed by atoms with Gasteiger partial charge in [0.05, 0.1) is 0 Å². The number of rotatable bonds is 10. The number of hydrogen-bond acceptors (Lipinski definition) is 3. The lowest BCUT2D eigenvalue weighted by atomic mass is 10.1. The first-order valence-electron chi connectivity index (χ1n) is 7.24. The van der Waals surface area contributed by atoms with Gasteiger partial charge in [0, 0.05) is 12.6 Å². The van der Waals surface area contributed by atoms with Crippen molar-refractivity contribution in [1.82, 2.24) is 10.2 Å². The van der Waals surface area contributed by atoms with Gasteiger partial charge in [-0.3, -0.25) is 9.69 Å². The molecule has 1 fully saturated rings. The van der Waals surface area contributed by atoms with Gasteiger partial charge in [-0.15, -0.1) is 0 Å². The summed E-state index contributed by atoms with van der Waals surface area (Å²) < 4.78 is 0. The number of carboxylic acid groups (broad SMARTS) is 1. The second-order valence-electron chi connectivity index (χ2n) is 5.75. The molecule has 1 aliphatic carbocycles. The van der Waals surface area contributed by atoms with Gasteiger partial charge in [-0.2, -0.15) is 0 Å². The molecule has 1 rings (SSSR count). The third kappa shape index (κ3) is 5.83. The maximum Gasteiger partial charge on any atom is 0.322 e. The zero-order valence-electron chi connectivity index (χ0n) is 12.0. The van der Waals surface area contributed by atoms with Crippen molar-refractivity contribution in [3.05, 3.63) is 0 Å². The highest BCUT2D eigenvalue weighted by molar-refractivity contribution is 5.73. The van der Waals surface area contributed by atoms with E-state index in [4.69, 9.17) is 0 Å². The summed E-state index contributed by atoms with van der Waals surface area (Å²) in [6.07, 6.45) is 4.59. The molecule has 0 aliphatic heterocycles. The Bertz CT molecular complexity index is 252. The smallest absolute Gasteiger partial charge is 0.322 e. The Morgan fingerprint density at radius 1 is 1.44 bits per heavy atom. The molecule has 2 N–H and O–H groups in total. The number of carboxylic acids is 1. The molecule has 106 valence electrons. The Morgan fingerprint density at radius 2 is 2.11 bits per heavy atom. The van der Waals surface area contributed by atoms with Crippen LogP contribution >= 0.6 is 0 Å². The summed E-state index contributed by atoms with van der Waals surface area (Å²) >= 11 is 0. The van der Waals surface area contributed by atoms with Crippen LogP contribution in [0.1, 0.15) is 46.5 Å². The Morgan fingerprint density at radius 3 is 2.56 bits per heavy atom. The molecule has 1 aliphatic rings. The minimum atomic E-state index is -0.723. The van der Waals surface area contributed by atoms with Gasteiger partial charge in [-0.05, 0) is 44.7 Å². The van der Waals surface area contributed by atoms with Crippen molar-refractivity contribution in [3.8, 4) is 0 Å². The van der Waals surface area contributed by atoms with E-state index in [9.17, 15) is 9.90 Å². The monoisotopic (exact) mass is 256 g/mol. The van der Waals surface area contributed by atoms with Gasteiger partial charge in [0.15, 0.2) is 0 Å². The lowest BCUT2D eigenvalue weighted by molar-refractivity contribution is -0.140. The van der Waals surface area contributed by atoms with Crippen molar-refractivity contribution in [2.45, 2.75) is 58.5 Å². The number of aliphatic carboxylic acids is 1. The van der Waals surface area contributed by atoms with E-state index in [2.05, 4.69) is 31.0 Å². The number of carbonyl (C=O) groups is 1. The lowest BCUT2D eigenvalue weighted by Crippen LogP contribution is -2.47. The highest BCUT2D eigenvalue weighted by atomic mass is 16.4. The van der Waals surface area contributed by atoms with E-state index < -0.39 is 12.0 Å². The van der Waals surface area contributed by atoms with E-state index >= 15 is 0 Å². The maximum atomic E-state index is 11.2. The first kappa shape index (κ1) is 15.4. The minimum Gasteiger partial charge on any atom is -0.480 e. The average Bonchev–Trinajstić information content (AvgIpc) is 3.11. The van der Waals surface area contributed by atoms with Gasteiger partial charge in [-0.1, -0.05) is 20.8 Å². The summed E-state index contributed by atoms with van der Waals surface area (Å²) in [7, 11) is 0. The molecule has 0 radical (unpaired) electrons. The maximum absolute atomic E-state index is 11.2. The number of nitrogens with zero attached hydrogens (tertiary/aromatic N) is 1. The van der Waals surface area contributed by atoms with Gasteiger partial charge in [0.25, 0.3) is 0 Å². The minimum absolute atomic E-state index is 0.419. The normalized spacial score (nSPS) is 17.4. The quantitative estimate of drug-likeness (QED) is 0.627. The number of hydrogen-bond donors (Lipinski definition) is 2. The van der Waals surface area contributed by atoms with E-state index in [1.165, 1.54) is 12.8 Å². The molecule has 1 saturated carbocycles. The molecule has 0 heterocycles.